The maximum Gasteiger partial charge on any atom is 0.409 e. The Morgan fingerprint density at radius 1 is 1.09 bits per heavy atom. The van der Waals surface area contributed by atoms with Gasteiger partial charge in [0.15, 0.2) is 5.78 Å². The van der Waals surface area contributed by atoms with Crippen LogP contribution in [0.3, 0.4) is 0 Å². The van der Waals surface area contributed by atoms with E-state index < -0.39 is 11.2 Å². The van der Waals surface area contributed by atoms with Crippen molar-refractivity contribution in [2.45, 2.75) is 0 Å². The number of phenols is 1. The van der Waals surface area contributed by atoms with Crippen molar-refractivity contribution in [1.29, 1.82) is 0 Å². The van der Waals surface area contributed by atoms with Crippen LogP contribution in [0.4, 0.5) is 4.79 Å². The van der Waals surface area contributed by atoms with E-state index in [1.54, 1.807) is 6.07 Å². The summed E-state index contributed by atoms with van der Waals surface area (Å²) < 4.78 is 4.74. The Bertz CT molecular complexity index is 867. The molecule has 0 aromatic heterocycles. The molecule has 0 amide bonds. The highest BCUT2D eigenvalue weighted by Gasteiger charge is 2.26. The Morgan fingerprint density at radius 3 is 2.35 bits per heavy atom. The van der Waals surface area contributed by atoms with E-state index in [0.29, 0.717) is 11.1 Å². The smallest absolute Gasteiger partial charge is 0.409 e. The first kappa shape index (κ1) is 15.9. The third kappa shape index (κ3) is 2.81. The van der Waals surface area contributed by atoms with Crippen LogP contribution in [0.15, 0.2) is 30.3 Å². The molecule has 0 aliphatic heterocycles. The van der Waals surface area contributed by atoms with Crippen molar-refractivity contribution in [2.24, 2.45) is 0 Å². The van der Waals surface area contributed by atoms with Gasteiger partial charge in [0.25, 0.3) is 0 Å². The zero-order valence-electron chi connectivity index (χ0n) is 11.3. The molecule has 7 heteroatoms. The van der Waals surface area contributed by atoms with Gasteiger partial charge in [-0.2, -0.15) is 0 Å². The van der Waals surface area contributed by atoms with Gasteiger partial charge in [-0.25, -0.2) is 4.79 Å². The lowest BCUT2D eigenvalue weighted by Crippen LogP contribution is -2.09. The highest BCUT2D eigenvalue weighted by atomic mass is 35.5. The van der Waals surface area contributed by atoms with Crippen LogP contribution >= 0.6 is 34.8 Å². The van der Waals surface area contributed by atoms with E-state index in [4.69, 9.17) is 39.5 Å². The van der Waals surface area contributed by atoms with Crippen LogP contribution < -0.4 is 0 Å². The Balaban J connectivity index is 2.01. The first-order valence-electron chi connectivity index (χ1n) is 6.33. The fraction of sp³-hybridized carbons (Fsp3) is 0. The summed E-state index contributed by atoms with van der Waals surface area (Å²) in [4.78, 5) is 23.3. The number of hydrogen-bond donors (Lipinski definition) is 1. The van der Waals surface area contributed by atoms with Crippen LogP contribution in [0, 0.1) is 0 Å². The predicted octanol–water partition coefficient (Wildman–Crippen LogP) is 5.12. The Labute approximate surface area is 145 Å². The molecule has 116 valence electrons. The quantitative estimate of drug-likeness (QED) is 0.602. The van der Waals surface area contributed by atoms with E-state index in [0.717, 1.165) is 0 Å². The topological polar surface area (TPSA) is 63.6 Å². The van der Waals surface area contributed by atoms with Gasteiger partial charge in [-0.1, -0.05) is 29.3 Å². The van der Waals surface area contributed by atoms with Crippen LogP contribution in [0.5, 0.6) is 5.75 Å². The van der Waals surface area contributed by atoms with Crippen molar-refractivity contribution in [3.63, 3.8) is 0 Å². The predicted molar refractivity (Wildman–Crippen MR) is 88.2 cm³/mol. The zero-order chi connectivity index (χ0) is 16.7. The third-order valence-corrected chi connectivity index (χ3v) is 4.05. The molecule has 0 fully saturated rings. The maximum absolute atomic E-state index is 12.6. The average molecular weight is 370 g/mol. The molecule has 0 saturated carbocycles. The minimum atomic E-state index is -0.982. The number of ketones is 1. The molecule has 2 aromatic rings. The van der Waals surface area contributed by atoms with Crippen LogP contribution in [-0.2, 0) is 4.74 Å². The standard InChI is InChI=1S/C16H7Cl3O4/c17-10-2-1-3-11(18)14(10)15(21)9-4-7-5-13(23-16(19)22)8(7)6-12(9)20/h1-6,20H. The number of benzene rings is 2. The van der Waals surface area contributed by atoms with E-state index in [-0.39, 0.29) is 32.7 Å². The molecule has 1 aliphatic rings. The lowest BCUT2D eigenvalue weighted by atomic mass is 9.90. The van der Waals surface area contributed by atoms with E-state index in [1.807, 2.05) is 0 Å². The van der Waals surface area contributed by atoms with Gasteiger partial charge in [-0.15, -0.1) is 0 Å². The van der Waals surface area contributed by atoms with Crippen molar-refractivity contribution < 1.29 is 19.4 Å². The van der Waals surface area contributed by atoms with Gasteiger partial charge in [-0.3, -0.25) is 4.79 Å². The van der Waals surface area contributed by atoms with Crippen LogP contribution in [0.25, 0.3) is 11.8 Å². The highest BCUT2D eigenvalue weighted by Crippen LogP contribution is 2.39. The SMILES string of the molecule is O=C(Cl)OC1=Cc2cc(C(=O)c3c(Cl)cccc3Cl)c(O)cc21. The molecule has 0 spiro atoms. The molecule has 1 N–H and O–H groups in total. The van der Waals surface area contributed by atoms with Crippen molar-refractivity contribution >= 4 is 57.8 Å². The fourth-order valence-corrected chi connectivity index (χ4v) is 2.93. The summed E-state index contributed by atoms with van der Waals surface area (Å²) >= 11 is 17.2. The van der Waals surface area contributed by atoms with Gasteiger partial charge < -0.3 is 9.84 Å². The molecule has 0 bridgehead atoms. The monoisotopic (exact) mass is 368 g/mol. The Hall–Kier alpha value is -2.01. The molecule has 0 unspecified atom stereocenters. The Morgan fingerprint density at radius 2 is 1.74 bits per heavy atom. The second-order valence-electron chi connectivity index (χ2n) is 4.73. The number of rotatable bonds is 3. The second-order valence-corrected chi connectivity index (χ2v) is 5.85. The summed E-state index contributed by atoms with van der Waals surface area (Å²) in [5, 5.41) is 10.5. The maximum atomic E-state index is 12.6. The Kier molecular flexibility index (Phi) is 4.06. The molecular weight excluding hydrogens is 363 g/mol. The van der Waals surface area contributed by atoms with E-state index in [2.05, 4.69) is 0 Å². The molecular formula is C16H7Cl3O4. The molecule has 0 heterocycles. The van der Waals surface area contributed by atoms with E-state index in [9.17, 15) is 14.7 Å². The van der Waals surface area contributed by atoms with Crippen molar-refractivity contribution in [2.75, 3.05) is 0 Å². The summed E-state index contributed by atoms with van der Waals surface area (Å²) in [5.74, 6) is -0.553. The largest absolute Gasteiger partial charge is 0.507 e. The molecule has 23 heavy (non-hydrogen) atoms. The number of aromatic hydroxyl groups is 1. The minimum Gasteiger partial charge on any atom is -0.507 e. The fourth-order valence-electron chi connectivity index (χ4n) is 2.28. The number of carbonyl (C=O) groups excluding carboxylic acids is 2. The van der Waals surface area contributed by atoms with Gasteiger partial charge in [0.05, 0.1) is 21.2 Å². The lowest BCUT2D eigenvalue weighted by Gasteiger charge is -2.20. The molecule has 0 radical (unpaired) electrons. The molecule has 1 aliphatic carbocycles. The van der Waals surface area contributed by atoms with Gasteiger partial charge in [0, 0.05) is 17.2 Å². The molecule has 0 saturated heterocycles. The molecule has 0 atom stereocenters. The van der Waals surface area contributed by atoms with Gasteiger partial charge in [0.1, 0.15) is 11.5 Å². The zero-order valence-corrected chi connectivity index (χ0v) is 13.5. The number of hydrogen-bond acceptors (Lipinski definition) is 4. The summed E-state index contributed by atoms with van der Waals surface area (Å²) in [6.07, 6.45) is 1.53. The number of phenolic OH excluding ortho intramolecular Hbond substituents is 1. The van der Waals surface area contributed by atoms with Crippen molar-refractivity contribution in [3.8, 4) is 5.75 Å². The first-order chi connectivity index (χ1) is 10.9. The summed E-state index contributed by atoms with van der Waals surface area (Å²) in [5.41, 5.74) is 0.290. The average Bonchev–Trinajstić information content (AvgIpc) is 2.46. The summed E-state index contributed by atoms with van der Waals surface area (Å²) in [6, 6.07) is 7.49. The van der Waals surface area contributed by atoms with Crippen LogP contribution in [-0.4, -0.2) is 16.3 Å². The van der Waals surface area contributed by atoms with Gasteiger partial charge in [0.2, 0.25) is 0 Å². The van der Waals surface area contributed by atoms with Gasteiger partial charge >= 0.3 is 5.43 Å². The van der Waals surface area contributed by atoms with E-state index in [1.165, 1.54) is 30.3 Å². The summed E-state index contributed by atoms with van der Waals surface area (Å²) in [6.45, 7) is 0. The van der Waals surface area contributed by atoms with Crippen molar-refractivity contribution in [3.05, 3.63) is 62.6 Å². The second kappa shape index (κ2) is 5.89. The minimum absolute atomic E-state index is 0.0475. The molecule has 3 rings (SSSR count). The highest BCUT2D eigenvalue weighted by molar-refractivity contribution is 6.61. The van der Waals surface area contributed by atoms with Crippen LogP contribution in [0.2, 0.25) is 10.0 Å². The summed E-state index contributed by atoms with van der Waals surface area (Å²) in [7, 11) is 0. The number of halogens is 3. The van der Waals surface area contributed by atoms with Crippen molar-refractivity contribution in [1.82, 2.24) is 0 Å². The van der Waals surface area contributed by atoms with E-state index >= 15 is 0 Å². The van der Waals surface area contributed by atoms with Gasteiger partial charge in [-0.05, 0) is 35.9 Å². The first-order valence-corrected chi connectivity index (χ1v) is 7.47. The third-order valence-electron chi connectivity index (χ3n) is 3.34. The van der Waals surface area contributed by atoms with Crippen LogP contribution in [0.1, 0.15) is 27.0 Å². The number of ether oxygens (including phenoxy) is 1. The normalized spacial score (nSPS) is 12.0. The molecule has 2 aromatic carbocycles. The number of carbonyl (C=O) groups is 2. The molecule has 4 nitrogen and oxygen atoms in total. The lowest BCUT2D eigenvalue weighted by molar-refractivity contribution is 0.103. The number of fused-ring (bicyclic) bond motifs is 1.